The fourth-order valence-corrected chi connectivity index (χ4v) is 2.15. The number of halogens is 1. The van der Waals surface area contributed by atoms with E-state index in [0.29, 0.717) is 22.7 Å². The Labute approximate surface area is 142 Å². The van der Waals surface area contributed by atoms with Crippen molar-refractivity contribution in [2.24, 2.45) is 0 Å². The van der Waals surface area contributed by atoms with Crippen LogP contribution >= 0.6 is 0 Å². The van der Waals surface area contributed by atoms with E-state index in [1.54, 1.807) is 24.3 Å². The lowest BCUT2D eigenvalue weighted by atomic mass is 10.2. The van der Waals surface area contributed by atoms with E-state index in [2.05, 4.69) is 15.5 Å². The van der Waals surface area contributed by atoms with Crippen molar-refractivity contribution in [2.75, 3.05) is 19.5 Å². The molecule has 0 fully saturated rings. The van der Waals surface area contributed by atoms with Gasteiger partial charge in [0.25, 0.3) is 0 Å². The highest BCUT2D eigenvalue weighted by Gasteiger charge is 2.17. The number of carbonyl (C=O) groups is 1. The molecule has 7 nitrogen and oxygen atoms in total. The molecule has 0 spiro atoms. The van der Waals surface area contributed by atoms with E-state index in [0.717, 1.165) is 0 Å². The van der Waals surface area contributed by atoms with Crippen molar-refractivity contribution < 1.29 is 23.1 Å². The van der Waals surface area contributed by atoms with Gasteiger partial charge in [-0.15, -0.1) is 10.2 Å². The Bertz CT molecular complexity index is 910. The van der Waals surface area contributed by atoms with Gasteiger partial charge in [-0.25, -0.2) is 4.39 Å². The van der Waals surface area contributed by atoms with Crippen LogP contribution in [0.3, 0.4) is 0 Å². The largest absolute Gasteiger partial charge is 0.493 e. The standard InChI is InChI=1S/C17H14FN3O4/c1-23-13-7-6-12(9-14(13)24-2)19-15(22)17-21-20-16(25-17)10-4-3-5-11(18)8-10/h3-9H,1-2H3,(H,19,22). The molecule has 1 heterocycles. The zero-order valence-corrected chi connectivity index (χ0v) is 13.4. The first-order chi connectivity index (χ1) is 12.1. The summed E-state index contributed by atoms with van der Waals surface area (Å²) in [6, 6.07) is 10.5. The van der Waals surface area contributed by atoms with Crippen LogP contribution in [0.5, 0.6) is 11.5 Å². The van der Waals surface area contributed by atoms with Crippen LogP contribution in [0, 0.1) is 5.82 Å². The van der Waals surface area contributed by atoms with Gasteiger partial charge in [-0.3, -0.25) is 4.79 Å². The number of nitrogens with zero attached hydrogens (tertiary/aromatic N) is 2. The summed E-state index contributed by atoms with van der Waals surface area (Å²) in [5.74, 6) is -0.224. The lowest BCUT2D eigenvalue weighted by Crippen LogP contribution is -2.12. The monoisotopic (exact) mass is 343 g/mol. The number of hydrogen-bond acceptors (Lipinski definition) is 6. The van der Waals surface area contributed by atoms with Crippen LogP contribution in [0.4, 0.5) is 10.1 Å². The second-order valence-electron chi connectivity index (χ2n) is 4.95. The number of rotatable bonds is 5. The van der Waals surface area contributed by atoms with Crippen molar-refractivity contribution in [3.8, 4) is 23.0 Å². The molecular formula is C17H14FN3O4. The molecule has 0 saturated heterocycles. The maximum absolute atomic E-state index is 13.2. The van der Waals surface area contributed by atoms with Crippen molar-refractivity contribution >= 4 is 11.6 Å². The molecule has 128 valence electrons. The summed E-state index contributed by atoms with van der Waals surface area (Å²) in [6.07, 6.45) is 0. The fourth-order valence-electron chi connectivity index (χ4n) is 2.15. The summed E-state index contributed by atoms with van der Waals surface area (Å²) in [5.41, 5.74) is 0.853. The summed E-state index contributed by atoms with van der Waals surface area (Å²) in [5, 5.41) is 10.1. The van der Waals surface area contributed by atoms with Crippen LogP contribution in [0.2, 0.25) is 0 Å². The van der Waals surface area contributed by atoms with Crippen molar-refractivity contribution in [1.29, 1.82) is 0 Å². The van der Waals surface area contributed by atoms with Crippen molar-refractivity contribution in [2.45, 2.75) is 0 Å². The van der Waals surface area contributed by atoms with Gasteiger partial charge in [0.15, 0.2) is 11.5 Å². The van der Waals surface area contributed by atoms with Gasteiger partial charge in [-0.2, -0.15) is 0 Å². The van der Waals surface area contributed by atoms with E-state index in [1.165, 1.54) is 32.4 Å². The number of methoxy groups -OCH3 is 2. The molecule has 1 amide bonds. The smallest absolute Gasteiger partial charge is 0.313 e. The zero-order valence-electron chi connectivity index (χ0n) is 13.4. The number of benzene rings is 2. The minimum Gasteiger partial charge on any atom is -0.493 e. The van der Waals surface area contributed by atoms with Gasteiger partial charge in [0.2, 0.25) is 5.89 Å². The van der Waals surface area contributed by atoms with E-state index >= 15 is 0 Å². The second-order valence-corrected chi connectivity index (χ2v) is 4.95. The molecule has 3 rings (SSSR count). The lowest BCUT2D eigenvalue weighted by molar-refractivity contribution is 0.0991. The number of ether oxygens (including phenoxy) is 2. The number of nitrogens with one attached hydrogen (secondary N) is 1. The molecule has 2 aromatic carbocycles. The third-order valence-corrected chi connectivity index (χ3v) is 3.33. The van der Waals surface area contributed by atoms with Gasteiger partial charge in [0.05, 0.1) is 14.2 Å². The van der Waals surface area contributed by atoms with Crippen LogP contribution in [-0.4, -0.2) is 30.3 Å². The first kappa shape index (κ1) is 16.4. The summed E-state index contributed by atoms with van der Waals surface area (Å²) in [7, 11) is 3.01. The summed E-state index contributed by atoms with van der Waals surface area (Å²) in [6.45, 7) is 0. The van der Waals surface area contributed by atoms with E-state index < -0.39 is 11.7 Å². The van der Waals surface area contributed by atoms with Crippen LogP contribution in [0.1, 0.15) is 10.7 Å². The molecule has 3 aromatic rings. The first-order valence-corrected chi connectivity index (χ1v) is 7.23. The van der Waals surface area contributed by atoms with Gasteiger partial charge in [-0.1, -0.05) is 6.07 Å². The summed E-state index contributed by atoms with van der Waals surface area (Å²) >= 11 is 0. The Hall–Kier alpha value is -3.42. The molecule has 8 heteroatoms. The minimum atomic E-state index is -0.595. The number of aromatic nitrogens is 2. The Morgan fingerprint density at radius 3 is 2.60 bits per heavy atom. The van der Waals surface area contributed by atoms with E-state index in [-0.39, 0.29) is 11.8 Å². The van der Waals surface area contributed by atoms with Crippen LogP contribution < -0.4 is 14.8 Å². The molecule has 0 atom stereocenters. The Morgan fingerprint density at radius 2 is 1.88 bits per heavy atom. The molecule has 25 heavy (non-hydrogen) atoms. The van der Waals surface area contributed by atoms with E-state index in [9.17, 15) is 9.18 Å². The van der Waals surface area contributed by atoms with Gasteiger partial charge < -0.3 is 19.2 Å². The van der Waals surface area contributed by atoms with Gasteiger partial charge >= 0.3 is 11.8 Å². The molecule has 0 aliphatic rings. The highest BCUT2D eigenvalue weighted by Crippen LogP contribution is 2.30. The average molecular weight is 343 g/mol. The van der Waals surface area contributed by atoms with Crippen molar-refractivity contribution in [1.82, 2.24) is 10.2 Å². The maximum atomic E-state index is 13.2. The lowest BCUT2D eigenvalue weighted by Gasteiger charge is -2.09. The highest BCUT2D eigenvalue weighted by molar-refractivity contribution is 6.01. The summed E-state index contributed by atoms with van der Waals surface area (Å²) < 4.78 is 28.9. The third kappa shape index (κ3) is 3.57. The molecular weight excluding hydrogens is 329 g/mol. The van der Waals surface area contributed by atoms with E-state index in [1.807, 2.05) is 0 Å². The fraction of sp³-hybridized carbons (Fsp3) is 0.118. The van der Waals surface area contributed by atoms with Crippen LogP contribution in [-0.2, 0) is 0 Å². The molecule has 0 radical (unpaired) electrons. The molecule has 0 bridgehead atoms. The number of hydrogen-bond donors (Lipinski definition) is 1. The SMILES string of the molecule is COc1ccc(NC(=O)c2nnc(-c3cccc(F)c3)o2)cc1OC. The van der Waals surface area contributed by atoms with Crippen molar-refractivity contribution in [3.05, 3.63) is 54.2 Å². The highest BCUT2D eigenvalue weighted by atomic mass is 19.1. The maximum Gasteiger partial charge on any atom is 0.313 e. The molecule has 0 aliphatic carbocycles. The Balaban J connectivity index is 1.78. The average Bonchev–Trinajstić information content (AvgIpc) is 3.12. The predicted octanol–water partition coefficient (Wildman–Crippen LogP) is 3.15. The van der Waals surface area contributed by atoms with Crippen LogP contribution in [0.15, 0.2) is 46.9 Å². The zero-order chi connectivity index (χ0) is 17.8. The topological polar surface area (TPSA) is 86.5 Å². The van der Waals surface area contributed by atoms with Gasteiger partial charge in [0.1, 0.15) is 5.82 Å². The Morgan fingerprint density at radius 1 is 1.08 bits per heavy atom. The molecule has 0 aliphatic heterocycles. The molecule has 0 unspecified atom stereocenters. The quantitative estimate of drug-likeness (QED) is 0.766. The second kappa shape index (κ2) is 7.00. The molecule has 0 saturated carbocycles. The minimum absolute atomic E-state index is 0.0527. The summed E-state index contributed by atoms with van der Waals surface area (Å²) in [4.78, 5) is 12.2. The third-order valence-electron chi connectivity index (χ3n) is 3.33. The molecule has 1 aromatic heterocycles. The predicted molar refractivity (Wildman–Crippen MR) is 87.2 cm³/mol. The molecule has 1 N–H and O–H groups in total. The van der Waals surface area contributed by atoms with Gasteiger partial charge in [-0.05, 0) is 30.3 Å². The van der Waals surface area contributed by atoms with Crippen molar-refractivity contribution in [3.63, 3.8) is 0 Å². The first-order valence-electron chi connectivity index (χ1n) is 7.23. The van der Waals surface area contributed by atoms with Crippen LogP contribution in [0.25, 0.3) is 11.5 Å². The normalized spacial score (nSPS) is 10.4. The van der Waals surface area contributed by atoms with Gasteiger partial charge in [0, 0.05) is 17.3 Å². The van der Waals surface area contributed by atoms with E-state index in [4.69, 9.17) is 13.9 Å². The number of anilines is 1. The number of amides is 1. The Kier molecular flexibility index (Phi) is 4.60. The number of carbonyl (C=O) groups excluding carboxylic acids is 1.